The lowest BCUT2D eigenvalue weighted by Crippen LogP contribution is -2.18. The molecule has 0 radical (unpaired) electrons. The highest BCUT2D eigenvalue weighted by Crippen LogP contribution is 2.34. The van der Waals surface area contributed by atoms with Crippen LogP contribution in [0.3, 0.4) is 0 Å². The van der Waals surface area contributed by atoms with Crippen molar-refractivity contribution in [1.82, 2.24) is 0 Å². The maximum Gasteiger partial charge on any atom is 0.333 e. The van der Waals surface area contributed by atoms with Crippen LogP contribution in [0.1, 0.15) is 63.8 Å². The second-order valence-electron chi connectivity index (χ2n) is 8.58. The predicted octanol–water partition coefficient (Wildman–Crippen LogP) is 7.77. The van der Waals surface area contributed by atoms with E-state index in [9.17, 15) is 5.53 Å². The van der Waals surface area contributed by atoms with Gasteiger partial charge in [0.1, 0.15) is 0 Å². The summed E-state index contributed by atoms with van der Waals surface area (Å²) in [5, 5.41) is 0. The molecule has 0 bridgehead atoms. The third-order valence-electron chi connectivity index (χ3n) is 4.39. The molecule has 0 atom stereocenters. The van der Waals surface area contributed by atoms with Gasteiger partial charge in [-0.15, -0.1) is 0 Å². The molecule has 0 amide bonds. The fourth-order valence-electron chi connectivity index (χ4n) is 2.69. The van der Waals surface area contributed by atoms with Gasteiger partial charge >= 0.3 is 5.71 Å². The Balaban J connectivity index is 2.72. The van der Waals surface area contributed by atoms with Crippen molar-refractivity contribution in [2.75, 3.05) is 0 Å². The summed E-state index contributed by atoms with van der Waals surface area (Å²) in [6.45, 7) is 13.3. The summed E-state index contributed by atoms with van der Waals surface area (Å²) in [5.41, 5.74) is 15.3. The number of rotatable bonds is 2. The van der Waals surface area contributed by atoms with Crippen LogP contribution >= 0.6 is 90.4 Å². The standard InChI is InChI=1S/C21H22I4N2/c1-20(2,3)11-7-13(22)17(14(23)8-11)19(27-26)18-15(24)9-12(10-16(18)25)21(4,5)6/h7-10H,1-6H3. The Morgan fingerprint density at radius 2 is 0.926 bits per heavy atom. The maximum atomic E-state index is 9.96. The van der Waals surface area contributed by atoms with E-state index in [2.05, 4.69) is 161 Å². The van der Waals surface area contributed by atoms with Crippen LogP contribution in [0.15, 0.2) is 24.3 Å². The molecule has 0 saturated heterocycles. The molecule has 27 heavy (non-hydrogen) atoms. The van der Waals surface area contributed by atoms with E-state index in [0.717, 1.165) is 25.4 Å². The molecule has 0 unspecified atom stereocenters. The lowest BCUT2D eigenvalue weighted by atomic mass is 9.85. The molecule has 0 aromatic heterocycles. The van der Waals surface area contributed by atoms with Crippen LogP contribution in [0.2, 0.25) is 0 Å². The Morgan fingerprint density at radius 1 is 0.667 bits per heavy atom. The van der Waals surface area contributed by atoms with Crippen molar-refractivity contribution in [2.24, 2.45) is 0 Å². The normalized spacial score (nSPS) is 12.1. The van der Waals surface area contributed by atoms with Crippen LogP contribution in [-0.2, 0) is 10.8 Å². The minimum atomic E-state index is 0.0755. The number of halogens is 4. The third kappa shape index (κ3) is 5.46. The van der Waals surface area contributed by atoms with E-state index in [-0.39, 0.29) is 10.8 Å². The van der Waals surface area contributed by atoms with Gasteiger partial charge in [-0.1, -0.05) is 41.5 Å². The van der Waals surface area contributed by atoms with Crippen molar-refractivity contribution < 1.29 is 4.79 Å². The second-order valence-corrected chi connectivity index (χ2v) is 13.2. The summed E-state index contributed by atoms with van der Waals surface area (Å²) in [6.07, 6.45) is 0. The predicted molar refractivity (Wildman–Crippen MR) is 148 cm³/mol. The molecule has 0 fully saturated rings. The monoisotopic (exact) mass is 810 g/mol. The maximum absolute atomic E-state index is 9.96. The molecule has 0 N–H and O–H groups in total. The molecule has 0 heterocycles. The molecule has 0 aliphatic rings. The number of hydrogen-bond donors (Lipinski definition) is 0. The lowest BCUT2D eigenvalue weighted by Gasteiger charge is -2.22. The van der Waals surface area contributed by atoms with Gasteiger partial charge in [0.05, 0.1) is 11.1 Å². The van der Waals surface area contributed by atoms with Gasteiger partial charge < -0.3 is 5.53 Å². The van der Waals surface area contributed by atoms with Crippen molar-refractivity contribution in [3.8, 4) is 0 Å². The summed E-state index contributed by atoms with van der Waals surface area (Å²) in [4.78, 5) is 3.75. The van der Waals surface area contributed by atoms with Gasteiger partial charge in [0.15, 0.2) is 0 Å². The highest BCUT2D eigenvalue weighted by molar-refractivity contribution is 14.1. The molecule has 0 aliphatic heterocycles. The molecule has 0 aliphatic carbocycles. The minimum absolute atomic E-state index is 0.0755. The zero-order chi connectivity index (χ0) is 20.7. The zero-order valence-electron chi connectivity index (χ0n) is 16.2. The summed E-state index contributed by atoms with van der Waals surface area (Å²) < 4.78 is 4.40. The molecule has 0 saturated carbocycles. The summed E-state index contributed by atoms with van der Waals surface area (Å²) in [7, 11) is 0. The molecule has 2 aromatic carbocycles. The van der Waals surface area contributed by atoms with E-state index in [1.807, 2.05) is 0 Å². The minimum Gasteiger partial charge on any atom is -0.361 e. The van der Waals surface area contributed by atoms with Crippen molar-refractivity contribution >= 4 is 96.1 Å². The van der Waals surface area contributed by atoms with Gasteiger partial charge in [-0.3, -0.25) is 0 Å². The van der Waals surface area contributed by atoms with Gasteiger partial charge in [-0.05, 0) is 137 Å². The fraction of sp³-hybridized carbons (Fsp3) is 0.381. The highest BCUT2D eigenvalue weighted by atomic mass is 127. The van der Waals surface area contributed by atoms with Gasteiger partial charge in [-0.25, -0.2) is 0 Å². The van der Waals surface area contributed by atoms with Crippen molar-refractivity contribution in [2.45, 2.75) is 52.4 Å². The fourth-order valence-corrected chi connectivity index (χ4v) is 7.25. The van der Waals surface area contributed by atoms with Crippen LogP contribution in [0.25, 0.3) is 5.53 Å². The molecular formula is C21H22I4N2. The van der Waals surface area contributed by atoms with Crippen molar-refractivity contribution in [3.63, 3.8) is 0 Å². The summed E-state index contributed by atoms with van der Waals surface area (Å²) in [6, 6.07) is 8.80. The Kier molecular flexibility index (Phi) is 7.87. The summed E-state index contributed by atoms with van der Waals surface area (Å²) in [5.74, 6) is 0. The Labute approximate surface area is 216 Å². The first-order valence-electron chi connectivity index (χ1n) is 8.49. The number of hydrogen-bond acceptors (Lipinski definition) is 0. The average Bonchev–Trinajstić information content (AvgIpc) is 2.49. The number of nitrogens with zero attached hydrogens (tertiary/aromatic N) is 2. The SMILES string of the molecule is CC(C)(C)c1cc(I)c(C(=[N+]=[N-])c2c(I)cc(C(C)(C)C)cc2I)c(I)c1. The van der Waals surface area contributed by atoms with Crippen LogP contribution in [0, 0.1) is 14.3 Å². The summed E-state index contributed by atoms with van der Waals surface area (Å²) >= 11 is 9.43. The molecule has 0 spiro atoms. The third-order valence-corrected chi connectivity index (χ3v) is 7.79. The first-order valence-corrected chi connectivity index (χ1v) is 12.8. The van der Waals surface area contributed by atoms with E-state index < -0.39 is 0 Å². The molecule has 144 valence electrons. The first-order chi connectivity index (χ1) is 12.3. The molecule has 2 nitrogen and oxygen atoms in total. The van der Waals surface area contributed by atoms with Gasteiger partial charge in [0, 0.05) is 14.3 Å². The molecule has 2 rings (SSSR count). The molecular weight excluding hydrogens is 788 g/mol. The average molecular weight is 810 g/mol. The van der Waals surface area contributed by atoms with Crippen LogP contribution in [0.4, 0.5) is 0 Å². The number of benzene rings is 2. The van der Waals surface area contributed by atoms with Gasteiger partial charge in [-0.2, -0.15) is 4.79 Å². The van der Waals surface area contributed by atoms with E-state index in [1.165, 1.54) is 11.1 Å². The first kappa shape index (κ1) is 24.0. The van der Waals surface area contributed by atoms with Gasteiger partial charge in [0.25, 0.3) is 0 Å². The topological polar surface area (TPSA) is 36.4 Å². The largest absolute Gasteiger partial charge is 0.361 e. The van der Waals surface area contributed by atoms with Crippen LogP contribution < -0.4 is 0 Å². The van der Waals surface area contributed by atoms with E-state index in [0.29, 0.717) is 5.71 Å². The van der Waals surface area contributed by atoms with E-state index in [4.69, 9.17) is 0 Å². The van der Waals surface area contributed by atoms with Gasteiger partial charge in [0.2, 0.25) is 0 Å². The molecule has 6 heteroatoms. The smallest absolute Gasteiger partial charge is 0.333 e. The van der Waals surface area contributed by atoms with Crippen LogP contribution in [-0.4, -0.2) is 10.5 Å². The van der Waals surface area contributed by atoms with E-state index in [1.54, 1.807) is 0 Å². The highest BCUT2D eigenvalue weighted by Gasteiger charge is 2.29. The zero-order valence-corrected chi connectivity index (χ0v) is 24.8. The van der Waals surface area contributed by atoms with Crippen LogP contribution in [0.5, 0.6) is 0 Å². The van der Waals surface area contributed by atoms with Crippen molar-refractivity contribution in [3.05, 3.63) is 66.3 Å². The van der Waals surface area contributed by atoms with E-state index >= 15 is 0 Å². The Morgan fingerprint density at radius 3 is 1.11 bits per heavy atom. The van der Waals surface area contributed by atoms with Crippen molar-refractivity contribution in [1.29, 1.82) is 0 Å². The Bertz CT molecular complexity index is 826. The molecule has 2 aromatic rings. The lowest BCUT2D eigenvalue weighted by molar-refractivity contribution is -0.00304. The Hall–Kier alpha value is 0.740. The second kappa shape index (κ2) is 8.85. The quantitative estimate of drug-likeness (QED) is 0.129.